The highest BCUT2D eigenvalue weighted by atomic mass is 32.1. The molecule has 0 saturated carbocycles. The Labute approximate surface area is 101 Å². The lowest BCUT2D eigenvalue weighted by Gasteiger charge is -2.03. The molecule has 0 aliphatic heterocycles. The van der Waals surface area contributed by atoms with E-state index in [4.69, 9.17) is 0 Å². The van der Waals surface area contributed by atoms with Gasteiger partial charge in [0, 0.05) is 24.0 Å². The van der Waals surface area contributed by atoms with E-state index < -0.39 is 0 Å². The normalized spacial score (nSPS) is 10.4. The topological polar surface area (TPSA) is 92.7 Å². The van der Waals surface area contributed by atoms with Crippen molar-refractivity contribution in [3.05, 3.63) is 27.1 Å². The van der Waals surface area contributed by atoms with Gasteiger partial charge in [-0.1, -0.05) is 11.3 Å². The molecule has 0 aliphatic rings. The Kier molecular flexibility index (Phi) is 3.33. The van der Waals surface area contributed by atoms with Crippen LogP contribution in [0.3, 0.4) is 0 Å². The fourth-order valence-electron chi connectivity index (χ4n) is 1.35. The lowest BCUT2D eigenvalue weighted by atomic mass is 10.4. The molecule has 17 heavy (non-hydrogen) atoms. The first-order valence-electron chi connectivity index (χ1n) is 4.97. The van der Waals surface area contributed by atoms with Crippen LogP contribution < -0.4 is 10.2 Å². The number of nitrogens with one attached hydrogen (secondary N) is 2. The van der Waals surface area contributed by atoms with Crippen molar-refractivity contribution in [2.75, 3.05) is 5.32 Å². The van der Waals surface area contributed by atoms with Crippen LogP contribution in [0, 0.1) is 6.92 Å². The first kappa shape index (κ1) is 11.5. The van der Waals surface area contributed by atoms with Crippen LogP contribution in [0.4, 0.5) is 5.95 Å². The van der Waals surface area contributed by atoms with E-state index in [1.807, 2.05) is 6.92 Å². The van der Waals surface area contributed by atoms with Crippen molar-refractivity contribution in [2.24, 2.45) is 0 Å². The fraction of sp³-hybridized carbons (Fsp3) is 0.333. The number of carbonyl (C=O) groups excluding carboxylic acids is 1. The third-order valence-corrected chi connectivity index (χ3v) is 3.09. The van der Waals surface area contributed by atoms with Crippen LogP contribution in [0.1, 0.15) is 12.1 Å². The Hall–Kier alpha value is -1.96. The molecule has 90 valence electrons. The van der Waals surface area contributed by atoms with Gasteiger partial charge in [-0.05, 0) is 6.92 Å². The summed E-state index contributed by atoms with van der Waals surface area (Å²) in [5.74, 6) is 0.101. The lowest BCUT2D eigenvalue weighted by molar-refractivity contribution is -0.116. The summed E-state index contributed by atoms with van der Waals surface area (Å²) >= 11 is 1.14. The number of hydrogen-bond donors (Lipinski definition) is 2. The van der Waals surface area contributed by atoms with Crippen LogP contribution in [0.5, 0.6) is 0 Å². The van der Waals surface area contributed by atoms with E-state index in [0.717, 1.165) is 17.0 Å². The zero-order valence-electron chi connectivity index (χ0n) is 9.14. The van der Waals surface area contributed by atoms with Crippen molar-refractivity contribution in [3.8, 4) is 0 Å². The number of anilines is 1. The fourth-order valence-corrected chi connectivity index (χ4v) is 2.11. The van der Waals surface area contributed by atoms with Crippen molar-refractivity contribution in [1.82, 2.24) is 19.7 Å². The Morgan fingerprint density at radius 3 is 3.06 bits per heavy atom. The highest BCUT2D eigenvalue weighted by molar-refractivity contribution is 7.07. The predicted molar refractivity (Wildman–Crippen MR) is 62.9 cm³/mol. The van der Waals surface area contributed by atoms with Crippen molar-refractivity contribution in [2.45, 2.75) is 19.9 Å². The number of hydrogen-bond acceptors (Lipinski definition) is 5. The highest BCUT2D eigenvalue weighted by Gasteiger charge is 2.07. The van der Waals surface area contributed by atoms with Crippen molar-refractivity contribution in [3.63, 3.8) is 0 Å². The van der Waals surface area contributed by atoms with Gasteiger partial charge in [-0.2, -0.15) is 10.1 Å². The SMILES string of the molecule is Cc1csc(=O)n1CCC(=O)Nc1ncn[nH]1. The van der Waals surface area contributed by atoms with Crippen LogP contribution in [0.25, 0.3) is 0 Å². The van der Waals surface area contributed by atoms with E-state index >= 15 is 0 Å². The Balaban J connectivity index is 1.90. The number of rotatable bonds is 4. The molecule has 0 aromatic carbocycles. The molecule has 1 amide bonds. The molecule has 2 rings (SSSR count). The number of carbonyl (C=O) groups is 1. The summed E-state index contributed by atoms with van der Waals surface area (Å²) in [5, 5.41) is 10.5. The third-order valence-electron chi connectivity index (χ3n) is 2.21. The monoisotopic (exact) mass is 253 g/mol. The molecule has 0 spiro atoms. The minimum Gasteiger partial charge on any atom is -0.303 e. The van der Waals surface area contributed by atoms with E-state index in [1.54, 1.807) is 9.95 Å². The molecule has 2 aromatic rings. The van der Waals surface area contributed by atoms with Crippen molar-refractivity contribution in [1.29, 1.82) is 0 Å². The largest absolute Gasteiger partial charge is 0.307 e. The molecular formula is C9H11N5O2S. The summed E-state index contributed by atoms with van der Waals surface area (Å²) in [6.45, 7) is 2.21. The maximum absolute atomic E-state index is 11.5. The average Bonchev–Trinajstić information content (AvgIpc) is 2.88. The average molecular weight is 253 g/mol. The molecular weight excluding hydrogens is 242 g/mol. The van der Waals surface area contributed by atoms with Gasteiger partial charge in [0.2, 0.25) is 11.9 Å². The molecule has 8 heteroatoms. The van der Waals surface area contributed by atoms with Crippen LogP contribution in [-0.4, -0.2) is 25.7 Å². The molecule has 0 fully saturated rings. The van der Waals surface area contributed by atoms with Gasteiger partial charge in [0.05, 0.1) is 0 Å². The minimum atomic E-state index is -0.209. The number of aryl methyl sites for hydroxylation is 1. The number of H-pyrrole nitrogens is 1. The van der Waals surface area contributed by atoms with E-state index in [0.29, 0.717) is 12.5 Å². The van der Waals surface area contributed by atoms with Crippen LogP contribution in [-0.2, 0) is 11.3 Å². The molecule has 0 aliphatic carbocycles. The quantitative estimate of drug-likeness (QED) is 0.823. The Bertz CT molecular complexity index is 556. The summed E-state index contributed by atoms with van der Waals surface area (Å²) < 4.78 is 1.57. The molecule has 0 saturated heterocycles. The summed E-state index contributed by atoms with van der Waals surface area (Å²) in [6, 6.07) is 0. The molecule has 2 aromatic heterocycles. The molecule has 0 atom stereocenters. The number of amides is 1. The highest BCUT2D eigenvalue weighted by Crippen LogP contribution is 2.02. The molecule has 2 N–H and O–H groups in total. The maximum Gasteiger partial charge on any atom is 0.307 e. The number of thiazole rings is 1. The molecule has 0 bridgehead atoms. The number of nitrogens with zero attached hydrogens (tertiary/aromatic N) is 3. The first-order chi connectivity index (χ1) is 8.16. The van der Waals surface area contributed by atoms with Gasteiger partial charge in [0.25, 0.3) is 0 Å². The summed E-state index contributed by atoms with van der Waals surface area (Å²) in [5.41, 5.74) is 0.868. The molecule has 0 unspecified atom stereocenters. The van der Waals surface area contributed by atoms with Crippen molar-refractivity contribution >= 4 is 23.2 Å². The van der Waals surface area contributed by atoms with Crippen LogP contribution >= 0.6 is 11.3 Å². The summed E-state index contributed by atoms with van der Waals surface area (Å²) in [7, 11) is 0. The van der Waals surface area contributed by atoms with Gasteiger partial charge in [-0.25, -0.2) is 5.10 Å². The van der Waals surface area contributed by atoms with E-state index in [-0.39, 0.29) is 17.2 Å². The predicted octanol–water partition coefficient (Wildman–Crippen LogP) is 0.365. The molecule has 2 heterocycles. The number of aromatic nitrogens is 4. The molecule has 0 radical (unpaired) electrons. The second-order valence-corrected chi connectivity index (χ2v) is 4.25. The summed E-state index contributed by atoms with van der Waals surface area (Å²) in [4.78, 5) is 26.6. The minimum absolute atomic E-state index is 0.0463. The molecule has 7 nitrogen and oxygen atoms in total. The zero-order valence-corrected chi connectivity index (χ0v) is 9.95. The van der Waals surface area contributed by atoms with Crippen LogP contribution in [0.2, 0.25) is 0 Å². The smallest absolute Gasteiger partial charge is 0.303 e. The first-order valence-corrected chi connectivity index (χ1v) is 5.85. The van der Waals surface area contributed by atoms with Gasteiger partial charge >= 0.3 is 4.87 Å². The Morgan fingerprint density at radius 1 is 1.65 bits per heavy atom. The standard InChI is InChI=1S/C9H11N5O2S/c1-6-4-17-9(16)14(6)3-2-7(15)12-8-10-5-11-13-8/h4-5H,2-3H2,1H3,(H2,10,11,12,13,15). The summed E-state index contributed by atoms with van der Waals surface area (Å²) in [6.07, 6.45) is 1.53. The Morgan fingerprint density at radius 2 is 2.47 bits per heavy atom. The second-order valence-electron chi connectivity index (χ2n) is 3.43. The van der Waals surface area contributed by atoms with E-state index in [1.165, 1.54) is 6.33 Å². The lowest BCUT2D eigenvalue weighted by Crippen LogP contribution is -2.20. The second kappa shape index (κ2) is 4.91. The van der Waals surface area contributed by atoms with Gasteiger partial charge in [0.15, 0.2) is 0 Å². The number of aromatic amines is 1. The zero-order chi connectivity index (χ0) is 12.3. The third kappa shape index (κ3) is 2.78. The van der Waals surface area contributed by atoms with Crippen molar-refractivity contribution < 1.29 is 4.79 Å². The van der Waals surface area contributed by atoms with Gasteiger partial charge < -0.3 is 4.57 Å². The van der Waals surface area contributed by atoms with Crippen LogP contribution in [0.15, 0.2) is 16.5 Å². The van der Waals surface area contributed by atoms with Gasteiger partial charge in [-0.15, -0.1) is 0 Å². The van der Waals surface area contributed by atoms with Gasteiger partial charge in [-0.3, -0.25) is 14.9 Å². The van der Waals surface area contributed by atoms with E-state index in [9.17, 15) is 9.59 Å². The van der Waals surface area contributed by atoms with Gasteiger partial charge in [0.1, 0.15) is 6.33 Å². The maximum atomic E-state index is 11.5. The van der Waals surface area contributed by atoms with E-state index in [2.05, 4.69) is 20.5 Å².